The quantitative estimate of drug-likeness (QED) is 0.514. The lowest BCUT2D eigenvalue weighted by atomic mass is 10.3. The van der Waals surface area contributed by atoms with E-state index in [9.17, 15) is 18.0 Å². The number of hydrogen-bond donors (Lipinski definition) is 1. The van der Waals surface area contributed by atoms with Crippen LogP contribution in [0.1, 0.15) is 19.3 Å². The van der Waals surface area contributed by atoms with E-state index in [2.05, 4.69) is 17.3 Å². The van der Waals surface area contributed by atoms with Crippen LogP contribution >= 0.6 is 0 Å². The van der Waals surface area contributed by atoms with Crippen LogP contribution in [0.25, 0.3) is 0 Å². The van der Waals surface area contributed by atoms with Crippen LogP contribution in [0.4, 0.5) is 0 Å². The summed E-state index contributed by atoms with van der Waals surface area (Å²) in [5, 5.41) is 7.25. The maximum atomic E-state index is 11.5. The third-order valence-corrected chi connectivity index (χ3v) is 3.33. The number of carboxylic acids is 1. The van der Waals surface area contributed by atoms with Crippen molar-refractivity contribution >= 4 is 22.1 Å². The highest BCUT2D eigenvalue weighted by atomic mass is 32.2. The lowest BCUT2D eigenvalue weighted by Gasteiger charge is -2.11. The van der Waals surface area contributed by atoms with Gasteiger partial charge in [0.25, 0.3) is 0 Å². The summed E-state index contributed by atoms with van der Waals surface area (Å²) in [6.45, 7) is 6.69. The number of aliphatic carboxylic acids is 1. The van der Waals surface area contributed by atoms with E-state index in [1.807, 2.05) is 0 Å². The van der Waals surface area contributed by atoms with Gasteiger partial charge in [-0.2, -0.15) is 8.42 Å². The standard InChI is InChI=1S/C10H14O6S/c1-3-5-8(4-2)17(14,15)16-10(13)7-6-9(11)12/h3-4,8H,1-2,5-7H2,(H,11,12). The second kappa shape index (κ2) is 6.85. The molecule has 0 aromatic rings. The van der Waals surface area contributed by atoms with Gasteiger partial charge in [0, 0.05) is 0 Å². The molecule has 17 heavy (non-hydrogen) atoms. The number of carbonyl (C=O) groups excluding carboxylic acids is 1. The molecule has 0 aliphatic heterocycles. The molecule has 0 heterocycles. The minimum absolute atomic E-state index is 0.0675. The van der Waals surface area contributed by atoms with Crippen LogP contribution < -0.4 is 0 Å². The molecule has 1 unspecified atom stereocenters. The zero-order chi connectivity index (χ0) is 13.5. The van der Waals surface area contributed by atoms with Crippen molar-refractivity contribution in [3.8, 4) is 0 Å². The van der Waals surface area contributed by atoms with Gasteiger partial charge in [0.15, 0.2) is 0 Å². The average Bonchev–Trinajstić information content (AvgIpc) is 2.22. The molecule has 0 radical (unpaired) electrons. The molecule has 0 aromatic carbocycles. The highest BCUT2D eigenvalue weighted by Crippen LogP contribution is 2.12. The summed E-state index contributed by atoms with van der Waals surface area (Å²) in [6, 6.07) is 0. The van der Waals surface area contributed by atoms with Crippen molar-refractivity contribution in [1.29, 1.82) is 0 Å². The van der Waals surface area contributed by atoms with Gasteiger partial charge in [0.1, 0.15) is 5.25 Å². The topological polar surface area (TPSA) is 97.7 Å². The van der Waals surface area contributed by atoms with Crippen LogP contribution in [-0.2, 0) is 23.9 Å². The van der Waals surface area contributed by atoms with Gasteiger partial charge < -0.3 is 9.29 Å². The van der Waals surface area contributed by atoms with E-state index in [1.165, 1.54) is 6.08 Å². The fourth-order valence-electron chi connectivity index (χ4n) is 0.938. The predicted octanol–water partition coefficient (Wildman–Crippen LogP) is 0.855. The zero-order valence-electron chi connectivity index (χ0n) is 9.16. The van der Waals surface area contributed by atoms with Crippen molar-refractivity contribution in [3.63, 3.8) is 0 Å². The largest absolute Gasteiger partial charge is 0.481 e. The number of carboxylic acid groups (broad SMARTS) is 1. The molecular weight excluding hydrogens is 248 g/mol. The molecule has 0 amide bonds. The maximum Gasteiger partial charge on any atom is 0.322 e. The average molecular weight is 262 g/mol. The molecule has 0 bridgehead atoms. The van der Waals surface area contributed by atoms with Crippen molar-refractivity contribution in [2.45, 2.75) is 24.5 Å². The van der Waals surface area contributed by atoms with Gasteiger partial charge in [-0.05, 0) is 6.42 Å². The van der Waals surface area contributed by atoms with E-state index < -0.39 is 40.1 Å². The normalized spacial score (nSPS) is 12.5. The number of carbonyl (C=O) groups is 2. The van der Waals surface area contributed by atoms with Gasteiger partial charge in [-0.15, -0.1) is 13.2 Å². The summed E-state index contributed by atoms with van der Waals surface area (Å²) in [5.41, 5.74) is 0. The number of allylic oxidation sites excluding steroid dienone is 1. The predicted molar refractivity (Wildman–Crippen MR) is 60.7 cm³/mol. The Morgan fingerprint density at radius 2 is 1.88 bits per heavy atom. The first-order valence-electron chi connectivity index (χ1n) is 4.75. The Labute approximate surface area is 99.7 Å². The molecule has 0 rings (SSSR count). The van der Waals surface area contributed by atoms with Gasteiger partial charge in [-0.1, -0.05) is 12.2 Å². The first kappa shape index (κ1) is 15.4. The highest BCUT2D eigenvalue weighted by Gasteiger charge is 2.26. The molecular formula is C10H14O6S. The van der Waals surface area contributed by atoms with E-state index in [0.29, 0.717) is 0 Å². The molecule has 0 saturated heterocycles. The fourth-order valence-corrected chi connectivity index (χ4v) is 2.01. The second-order valence-corrected chi connectivity index (χ2v) is 4.90. The first-order chi connectivity index (χ1) is 7.83. The Hall–Kier alpha value is -1.63. The van der Waals surface area contributed by atoms with Gasteiger partial charge in [0.2, 0.25) is 0 Å². The minimum Gasteiger partial charge on any atom is -0.481 e. The van der Waals surface area contributed by atoms with Crippen molar-refractivity contribution in [3.05, 3.63) is 25.3 Å². The SMILES string of the molecule is C=CCC(C=C)S(=O)(=O)OC(=O)CCC(=O)O. The van der Waals surface area contributed by atoms with E-state index in [4.69, 9.17) is 5.11 Å². The third kappa shape index (κ3) is 5.86. The number of rotatable bonds is 8. The van der Waals surface area contributed by atoms with Crippen LogP contribution in [0.3, 0.4) is 0 Å². The molecule has 0 aliphatic carbocycles. The van der Waals surface area contributed by atoms with Gasteiger partial charge in [-0.25, -0.2) is 0 Å². The summed E-state index contributed by atoms with van der Waals surface area (Å²) in [4.78, 5) is 21.2. The Kier molecular flexibility index (Phi) is 6.19. The molecule has 0 fully saturated rings. The molecule has 7 heteroatoms. The Bertz CT molecular complexity index is 409. The van der Waals surface area contributed by atoms with Crippen molar-refractivity contribution in [2.24, 2.45) is 0 Å². The number of hydrogen-bond acceptors (Lipinski definition) is 5. The minimum atomic E-state index is -4.11. The summed E-state index contributed by atoms with van der Waals surface area (Å²) in [7, 11) is -4.11. The molecule has 96 valence electrons. The van der Waals surface area contributed by atoms with Crippen LogP contribution in [0.15, 0.2) is 25.3 Å². The van der Waals surface area contributed by atoms with Gasteiger partial charge in [0.05, 0.1) is 12.8 Å². The van der Waals surface area contributed by atoms with Crippen LogP contribution in [0, 0.1) is 0 Å². The molecule has 0 saturated carbocycles. The smallest absolute Gasteiger partial charge is 0.322 e. The van der Waals surface area contributed by atoms with Crippen LogP contribution in [0.2, 0.25) is 0 Å². The summed E-state index contributed by atoms with van der Waals surface area (Å²) in [5.74, 6) is -2.30. The van der Waals surface area contributed by atoms with Gasteiger partial charge >= 0.3 is 22.1 Å². The molecule has 0 aromatic heterocycles. The molecule has 1 atom stereocenters. The summed E-state index contributed by atoms with van der Waals surface area (Å²) < 4.78 is 27.2. The Balaban J connectivity index is 4.52. The molecule has 6 nitrogen and oxygen atoms in total. The van der Waals surface area contributed by atoms with E-state index in [1.54, 1.807) is 0 Å². The lowest BCUT2D eigenvalue weighted by molar-refractivity contribution is -0.142. The molecule has 0 spiro atoms. The molecule has 1 N–H and O–H groups in total. The first-order valence-corrected chi connectivity index (χ1v) is 6.22. The summed E-state index contributed by atoms with van der Waals surface area (Å²) in [6.07, 6.45) is 1.58. The zero-order valence-corrected chi connectivity index (χ0v) is 9.98. The molecule has 0 aliphatic rings. The summed E-state index contributed by atoms with van der Waals surface area (Å²) >= 11 is 0. The Morgan fingerprint density at radius 3 is 2.29 bits per heavy atom. The van der Waals surface area contributed by atoms with E-state index >= 15 is 0 Å². The maximum absolute atomic E-state index is 11.5. The third-order valence-electron chi connectivity index (χ3n) is 1.78. The Morgan fingerprint density at radius 1 is 1.29 bits per heavy atom. The van der Waals surface area contributed by atoms with Crippen LogP contribution in [-0.4, -0.2) is 30.7 Å². The lowest BCUT2D eigenvalue weighted by Crippen LogP contribution is -2.24. The second-order valence-electron chi connectivity index (χ2n) is 3.14. The van der Waals surface area contributed by atoms with Crippen LogP contribution in [0.5, 0.6) is 0 Å². The van der Waals surface area contributed by atoms with Crippen molar-refractivity contribution < 1.29 is 27.3 Å². The van der Waals surface area contributed by atoms with Gasteiger partial charge in [-0.3, -0.25) is 9.59 Å². The fraction of sp³-hybridized carbons (Fsp3) is 0.400. The van der Waals surface area contributed by atoms with E-state index in [0.717, 1.165) is 6.08 Å². The monoisotopic (exact) mass is 262 g/mol. The van der Waals surface area contributed by atoms with Crippen molar-refractivity contribution in [1.82, 2.24) is 0 Å². The van der Waals surface area contributed by atoms with E-state index in [-0.39, 0.29) is 6.42 Å². The highest BCUT2D eigenvalue weighted by molar-refractivity contribution is 7.87. The van der Waals surface area contributed by atoms with Crippen molar-refractivity contribution in [2.75, 3.05) is 0 Å².